The van der Waals surface area contributed by atoms with E-state index in [-0.39, 0.29) is 5.69 Å². The van der Waals surface area contributed by atoms with E-state index in [1.807, 2.05) is 13.8 Å². The Hall–Kier alpha value is -1.49. The molecule has 0 saturated carbocycles. The minimum atomic E-state index is -1.00. The topological polar surface area (TPSA) is 63.1 Å². The number of rotatable bonds is 1. The second-order valence-corrected chi connectivity index (χ2v) is 4.19. The number of aryl methyl sites for hydroxylation is 2. The van der Waals surface area contributed by atoms with Crippen LogP contribution in [0.15, 0.2) is 6.33 Å². The van der Waals surface area contributed by atoms with Crippen LogP contribution in [-0.4, -0.2) is 21.0 Å². The van der Waals surface area contributed by atoms with E-state index < -0.39 is 5.97 Å². The van der Waals surface area contributed by atoms with E-state index in [2.05, 4.69) is 9.97 Å². The summed E-state index contributed by atoms with van der Waals surface area (Å²) in [6.45, 7) is 3.84. The van der Waals surface area contributed by atoms with Crippen molar-refractivity contribution in [2.24, 2.45) is 0 Å². The Morgan fingerprint density at radius 2 is 2.14 bits per heavy atom. The van der Waals surface area contributed by atoms with Crippen LogP contribution in [0.1, 0.15) is 20.9 Å². The number of thiophene rings is 1. The van der Waals surface area contributed by atoms with Gasteiger partial charge in [-0.3, -0.25) is 0 Å². The molecule has 72 valence electrons. The predicted molar refractivity (Wildman–Crippen MR) is 53.8 cm³/mol. The van der Waals surface area contributed by atoms with E-state index in [4.69, 9.17) is 5.11 Å². The molecule has 2 rings (SSSR count). The molecule has 2 heterocycles. The lowest BCUT2D eigenvalue weighted by Gasteiger charge is -1.96. The first-order valence-corrected chi connectivity index (χ1v) is 4.87. The van der Waals surface area contributed by atoms with Crippen molar-refractivity contribution in [3.8, 4) is 0 Å². The zero-order chi connectivity index (χ0) is 10.3. The summed E-state index contributed by atoms with van der Waals surface area (Å²) in [6.07, 6.45) is 1.29. The van der Waals surface area contributed by atoms with Crippen molar-refractivity contribution in [3.63, 3.8) is 0 Å². The minimum Gasteiger partial charge on any atom is -0.476 e. The third kappa shape index (κ3) is 1.17. The van der Waals surface area contributed by atoms with Gasteiger partial charge in [0.05, 0.1) is 0 Å². The van der Waals surface area contributed by atoms with E-state index in [0.29, 0.717) is 5.39 Å². The van der Waals surface area contributed by atoms with Gasteiger partial charge in [-0.25, -0.2) is 14.8 Å². The Labute approximate surface area is 84.2 Å². The molecule has 0 radical (unpaired) electrons. The fourth-order valence-corrected chi connectivity index (χ4v) is 2.34. The SMILES string of the molecule is Cc1sc2ncnc(C(=O)O)c2c1C. The van der Waals surface area contributed by atoms with Crippen molar-refractivity contribution < 1.29 is 9.90 Å². The largest absolute Gasteiger partial charge is 0.476 e. The van der Waals surface area contributed by atoms with E-state index in [0.717, 1.165) is 15.3 Å². The highest BCUT2D eigenvalue weighted by atomic mass is 32.1. The molecule has 0 aromatic carbocycles. The Bertz CT molecular complexity index is 519. The average molecular weight is 208 g/mol. The van der Waals surface area contributed by atoms with E-state index in [1.165, 1.54) is 17.7 Å². The number of hydrogen-bond acceptors (Lipinski definition) is 4. The van der Waals surface area contributed by atoms with Crippen molar-refractivity contribution in [2.75, 3.05) is 0 Å². The molecule has 0 fully saturated rings. The second kappa shape index (κ2) is 3.02. The molecule has 0 unspecified atom stereocenters. The van der Waals surface area contributed by atoms with Crippen LogP contribution in [0.3, 0.4) is 0 Å². The number of carbonyl (C=O) groups is 1. The van der Waals surface area contributed by atoms with Crippen LogP contribution in [0.25, 0.3) is 10.2 Å². The fraction of sp³-hybridized carbons (Fsp3) is 0.222. The average Bonchev–Trinajstić information content (AvgIpc) is 2.43. The molecule has 5 heteroatoms. The predicted octanol–water partition coefficient (Wildman–Crippen LogP) is 2.01. The minimum absolute atomic E-state index is 0.0943. The van der Waals surface area contributed by atoms with Crippen LogP contribution < -0.4 is 0 Å². The first-order chi connectivity index (χ1) is 6.61. The molecule has 0 aliphatic heterocycles. The van der Waals surface area contributed by atoms with Gasteiger partial charge in [0.25, 0.3) is 0 Å². The van der Waals surface area contributed by atoms with Crippen LogP contribution in [0.4, 0.5) is 0 Å². The molecule has 0 bridgehead atoms. The first kappa shape index (κ1) is 9.08. The molecule has 0 aliphatic rings. The summed E-state index contributed by atoms with van der Waals surface area (Å²) in [5.41, 5.74) is 1.06. The lowest BCUT2D eigenvalue weighted by molar-refractivity contribution is 0.0692. The number of fused-ring (bicyclic) bond motifs is 1. The summed E-state index contributed by atoms with van der Waals surface area (Å²) in [6, 6.07) is 0. The maximum Gasteiger partial charge on any atom is 0.355 e. The van der Waals surface area contributed by atoms with E-state index >= 15 is 0 Å². The molecule has 2 aromatic heterocycles. The van der Waals surface area contributed by atoms with Gasteiger partial charge in [0, 0.05) is 10.3 Å². The quantitative estimate of drug-likeness (QED) is 0.778. The number of aromatic carboxylic acids is 1. The molecule has 4 nitrogen and oxygen atoms in total. The standard InChI is InChI=1S/C9H8N2O2S/c1-4-5(2)14-8-6(4)7(9(12)13)10-3-11-8/h3H,1-2H3,(H,12,13). The molecule has 1 N–H and O–H groups in total. The molecule has 2 aromatic rings. The maximum absolute atomic E-state index is 10.9. The first-order valence-electron chi connectivity index (χ1n) is 4.05. The summed E-state index contributed by atoms with van der Waals surface area (Å²) in [5.74, 6) is -1.00. The molecule has 0 saturated heterocycles. The smallest absolute Gasteiger partial charge is 0.355 e. The van der Waals surface area contributed by atoms with Gasteiger partial charge in [0.15, 0.2) is 5.69 Å². The third-order valence-corrected chi connectivity index (χ3v) is 3.28. The molecule has 0 amide bonds. The van der Waals surface area contributed by atoms with Crippen molar-refractivity contribution in [3.05, 3.63) is 22.5 Å². The van der Waals surface area contributed by atoms with Crippen LogP contribution >= 0.6 is 11.3 Å². The third-order valence-electron chi connectivity index (χ3n) is 2.17. The summed E-state index contributed by atoms with van der Waals surface area (Å²) >= 11 is 1.50. The summed E-state index contributed by atoms with van der Waals surface area (Å²) < 4.78 is 0. The van der Waals surface area contributed by atoms with Crippen molar-refractivity contribution in [1.29, 1.82) is 0 Å². The highest BCUT2D eigenvalue weighted by Crippen LogP contribution is 2.29. The molecular weight excluding hydrogens is 200 g/mol. The highest BCUT2D eigenvalue weighted by molar-refractivity contribution is 7.18. The van der Waals surface area contributed by atoms with Crippen molar-refractivity contribution >= 4 is 27.5 Å². The Balaban J connectivity index is 2.91. The van der Waals surface area contributed by atoms with Crippen LogP contribution in [0.5, 0.6) is 0 Å². The lowest BCUT2D eigenvalue weighted by atomic mass is 10.1. The second-order valence-electron chi connectivity index (χ2n) is 2.99. The zero-order valence-corrected chi connectivity index (χ0v) is 8.55. The zero-order valence-electron chi connectivity index (χ0n) is 7.74. The van der Waals surface area contributed by atoms with E-state index in [1.54, 1.807) is 0 Å². The van der Waals surface area contributed by atoms with Crippen molar-refractivity contribution in [1.82, 2.24) is 9.97 Å². The highest BCUT2D eigenvalue weighted by Gasteiger charge is 2.15. The normalized spacial score (nSPS) is 10.7. The van der Waals surface area contributed by atoms with Gasteiger partial charge in [-0.05, 0) is 19.4 Å². The Morgan fingerprint density at radius 3 is 2.79 bits per heavy atom. The van der Waals surface area contributed by atoms with Crippen LogP contribution in [0.2, 0.25) is 0 Å². The van der Waals surface area contributed by atoms with E-state index in [9.17, 15) is 4.79 Å². The van der Waals surface area contributed by atoms with Gasteiger partial charge in [-0.2, -0.15) is 0 Å². The summed E-state index contributed by atoms with van der Waals surface area (Å²) in [7, 11) is 0. The molecule has 0 atom stereocenters. The molecule has 0 spiro atoms. The molecular formula is C9H8N2O2S. The van der Waals surface area contributed by atoms with Gasteiger partial charge in [-0.1, -0.05) is 0 Å². The molecule has 14 heavy (non-hydrogen) atoms. The fourth-order valence-electron chi connectivity index (χ4n) is 1.34. The summed E-state index contributed by atoms with van der Waals surface area (Å²) in [4.78, 5) is 20.5. The maximum atomic E-state index is 10.9. The van der Waals surface area contributed by atoms with Crippen LogP contribution in [0, 0.1) is 13.8 Å². The van der Waals surface area contributed by atoms with Gasteiger partial charge in [-0.15, -0.1) is 11.3 Å². The van der Waals surface area contributed by atoms with Gasteiger partial charge in [0.2, 0.25) is 0 Å². The number of carboxylic acid groups (broad SMARTS) is 1. The van der Waals surface area contributed by atoms with Gasteiger partial charge >= 0.3 is 5.97 Å². The van der Waals surface area contributed by atoms with Gasteiger partial charge < -0.3 is 5.11 Å². The number of carboxylic acids is 1. The Kier molecular flexibility index (Phi) is 1.96. The van der Waals surface area contributed by atoms with Gasteiger partial charge in [0.1, 0.15) is 11.2 Å². The van der Waals surface area contributed by atoms with Crippen LogP contribution in [-0.2, 0) is 0 Å². The lowest BCUT2D eigenvalue weighted by Crippen LogP contribution is -2.01. The monoisotopic (exact) mass is 208 g/mol. The van der Waals surface area contributed by atoms with Crippen molar-refractivity contribution in [2.45, 2.75) is 13.8 Å². The number of nitrogens with zero attached hydrogens (tertiary/aromatic N) is 2. The number of hydrogen-bond donors (Lipinski definition) is 1. The molecule has 0 aliphatic carbocycles. The summed E-state index contributed by atoms with van der Waals surface area (Å²) in [5, 5.41) is 9.60. The number of aromatic nitrogens is 2. The Morgan fingerprint density at radius 1 is 1.43 bits per heavy atom.